The van der Waals surface area contributed by atoms with Crippen molar-refractivity contribution in [3.8, 4) is 5.75 Å². The average Bonchev–Trinajstić information content (AvgIpc) is 2.42. The van der Waals surface area contributed by atoms with Crippen molar-refractivity contribution in [2.75, 3.05) is 0 Å². The normalized spacial score (nSPS) is 12.0. The summed E-state index contributed by atoms with van der Waals surface area (Å²) in [4.78, 5) is 12.0. The molecule has 0 amide bonds. The summed E-state index contributed by atoms with van der Waals surface area (Å²) >= 11 is 0. The summed E-state index contributed by atoms with van der Waals surface area (Å²) in [5, 5.41) is 0. The third-order valence-electron chi connectivity index (χ3n) is 2.76. The third kappa shape index (κ3) is 3.39. The molecule has 0 aliphatic rings. The smallest absolute Gasteiger partial charge is 0.205 e. The first-order chi connectivity index (χ1) is 9.88. The average molecular weight is 298 g/mol. The van der Waals surface area contributed by atoms with Crippen LogP contribution in [0.4, 0.5) is 17.6 Å². The molecule has 0 saturated heterocycles. The fourth-order valence-electron chi connectivity index (χ4n) is 1.72. The van der Waals surface area contributed by atoms with Gasteiger partial charge in [-0.2, -0.15) is 0 Å². The number of hydrogen-bond acceptors (Lipinski definition) is 2. The fourth-order valence-corrected chi connectivity index (χ4v) is 1.72. The van der Waals surface area contributed by atoms with E-state index in [-0.39, 0.29) is 5.56 Å². The Balaban J connectivity index is 2.21. The summed E-state index contributed by atoms with van der Waals surface area (Å²) in [7, 11) is 0. The predicted octanol–water partition coefficient (Wildman–Crippen LogP) is 3.89. The van der Waals surface area contributed by atoms with Gasteiger partial charge >= 0.3 is 0 Å². The number of Topliss-reactive ketones (excluding diaryl/α,β-unsaturated/α-hetero) is 1. The van der Waals surface area contributed by atoms with Crippen molar-refractivity contribution in [3.05, 3.63) is 65.2 Å². The Hall–Kier alpha value is -2.37. The molecule has 0 bridgehead atoms. The molecule has 110 valence electrons. The van der Waals surface area contributed by atoms with Crippen LogP contribution in [0.2, 0.25) is 0 Å². The second-order valence-corrected chi connectivity index (χ2v) is 4.32. The molecule has 1 unspecified atom stereocenters. The molecule has 2 aromatic carbocycles. The Morgan fingerprint density at radius 3 is 2.24 bits per heavy atom. The summed E-state index contributed by atoms with van der Waals surface area (Å²) < 4.78 is 57.7. The van der Waals surface area contributed by atoms with Crippen LogP contribution in [-0.2, 0) is 0 Å². The van der Waals surface area contributed by atoms with Gasteiger partial charge in [0.15, 0.2) is 17.7 Å². The molecular formula is C15H10F4O2. The van der Waals surface area contributed by atoms with Gasteiger partial charge in [0, 0.05) is 12.1 Å². The van der Waals surface area contributed by atoms with E-state index in [9.17, 15) is 22.4 Å². The van der Waals surface area contributed by atoms with E-state index in [2.05, 4.69) is 0 Å². The first kappa shape index (κ1) is 15.0. The van der Waals surface area contributed by atoms with Crippen molar-refractivity contribution in [2.45, 2.75) is 13.0 Å². The number of carbonyl (C=O) groups excluding carboxylic acids is 1. The summed E-state index contributed by atoms with van der Waals surface area (Å²) in [5.74, 6) is -4.73. The van der Waals surface area contributed by atoms with E-state index in [1.807, 2.05) is 0 Å². The molecule has 0 aliphatic carbocycles. The van der Waals surface area contributed by atoms with E-state index >= 15 is 0 Å². The van der Waals surface area contributed by atoms with Gasteiger partial charge in [-0.3, -0.25) is 4.79 Å². The lowest BCUT2D eigenvalue weighted by Crippen LogP contribution is -2.25. The molecule has 2 nitrogen and oxygen atoms in total. The number of benzene rings is 2. The lowest BCUT2D eigenvalue weighted by molar-refractivity contribution is 0.0807. The molecule has 0 spiro atoms. The predicted molar refractivity (Wildman–Crippen MR) is 67.1 cm³/mol. The molecule has 0 aromatic heterocycles. The second kappa shape index (κ2) is 5.95. The number of ether oxygens (including phenoxy) is 1. The molecule has 6 heteroatoms. The molecule has 0 radical (unpaired) electrons. The Kier molecular flexibility index (Phi) is 4.26. The van der Waals surface area contributed by atoms with E-state index in [0.717, 1.165) is 30.3 Å². The van der Waals surface area contributed by atoms with Gasteiger partial charge in [0.25, 0.3) is 0 Å². The Labute approximate surface area is 118 Å². The molecule has 2 rings (SSSR count). The zero-order valence-electron chi connectivity index (χ0n) is 10.9. The second-order valence-electron chi connectivity index (χ2n) is 4.32. The molecule has 2 aromatic rings. The third-order valence-corrected chi connectivity index (χ3v) is 2.76. The Bertz CT molecular complexity index is 685. The van der Waals surface area contributed by atoms with Gasteiger partial charge in [-0.1, -0.05) is 0 Å². The van der Waals surface area contributed by atoms with E-state index in [0.29, 0.717) is 6.07 Å². The zero-order chi connectivity index (χ0) is 15.6. The standard InChI is InChI=1S/C15H10F4O2/c1-8(21-14-7-10(17)3-5-12(14)18)15(20)11-4-2-9(16)6-13(11)19/h2-8H,1H3. The maximum atomic E-state index is 13.5. The zero-order valence-corrected chi connectivity index (χ0v) is 10.9. The van der Waals surface area contributed by atoms with E-state index in [1.165, 1.54) is 6.92 Å². The van der Waals surface area contributed by atoms with Crippen molar-refractivity contribution in [3.63, 3.8) is 0 Å². The summed E-state index contributed by atoms with van der Waals surface area (Å²) in [6.45, 7) is 1.26. The maximum absolute atomic E-state index is 13.5. The van der Waals surface area contributed by atoms with Crippen molar-refractivity contribution < 1.29 is 27.1 Å². The topological polar surface area (TPSA) is 26.3 Å². The molecule has 1 atom stereocenters. The van der Waals surface area contributed by atoms with Crippen LogP contribution in [-0.4, -0.2) is 11.9 Å². The van der Waals surface area contributed by atoms with E-state index in [1.54, 1.807) is 0 Å². The molecule has 0 saturated carbocycles. The van der Waals surface area contributed by atoms with Gasteiger partial charge in [-0.25, -0.2) is 17.6 Å². The van der Waals surface area contributed by atoms with Gasteiger partial charge < -0.3 is 4.74 Å². The molecule has 21 heavy (non-hydrogen) atoms. The van der Waals surface area contributed by atoms with Crippen LogP contribution in [0.1, 0.15) is 17.3 Å². The van der Waals surface area contributed by atoms with Crippen LogP contribution in [0.3, 0.4) is 0 Å². The Morgan fingerprint density at radius 1 is 0.952 bits per heavy atom. The van der Waals surface area contributed by atoms with Crippen molar-refractivity contribution in [1.29, 1.82) is 0 Å². The Morgan fingerprint density at radius 2 is 1.57 bits per heavy atom. The first-order valence-corrected chi connectivity index (χ1v) is 5.99. The molecule has 0 fully saturated rings. The van der Waals surface area contributed by atoms with Gasteiger partial charge in [-0.05, 0) is 31.2 Å². The van der Waals surface area contributed by atoms with Crippen LogP contribution in [0.15, 0.2) is 36.4 Å². The van der Waals surface area contributed by atoms with Gasteiger partial charge in [0.05, 0.1) is 5.56 Å². The molecule has 0 aliphatic heterocycles. The van der Waals surface area contributed by atoms with Crippen LogP contribution >= 0.6 is 0 Å². The summed E-state index contributed by atoms with van der Waals surface area (Å²) in [6.07, 6.45) is -1.26. The first-order valence-electron chi connectivity index (χ1n) is 5.99. The number of carbonyl (C=O) groups is 1. The van der Waals surface area contributed by atoms with Crippen molar-refractivity contribution in [2.24, 2.45) is 0 Å². The fraction of sp³-hybridized carbons (Fsp3) is 0.133. The van der Waals surface area contributed by atoms with Crippen LogP contribution in [0.5, 0.6) is 5.75 Å². The van der Waals surface area contributed by atoms with Crippen LogP contribution in [0, 0.1) is 23.3 Å². The minimum Gasteiger partial charge on any atom is -0.479 e. The summed E-state index contributed by atoms with van der Waals surface area (Å²) in [6, 6.07) is 4.97. The number of hydrogen-bond donors (Lipinski definition) is 0. The van der Waals surface area contributed by atoms with Crippen LogP contribution in [0.25, 0.3) is 0 Å². The van der Waals surface area contributed by atoms with Gasteiger partial charge in [0.1, 0.15) is 17.5 Å². The van der Waals surface area contributed by atoms with E-state index < -0.39 is 40.9 Å². The van der Waals surface area contributed by atoms with Crippen molar-refractivity contribution >= 4 is 5.78 Å². The molecular weight excluding hydrogens is 288 g/mol. The quantitative estimate of drug-likeness (QED) is 0.632. The highest BCUT2D eigenvalue weighted by Gasteiger charge is 2.22. The SMILES string of the molecule is CC(Oc1cc(F)ccc1F)C(=O)c1ccc(F)cc1F. The van der Waals surface area contributed by atoms with Gasteiger partial charge in [0.2, 0.25) is 5.78 Å². The highest BCUT2D eigenvalue weighted by atomic mass is 19.1. The lowest BCUT2D eigenvalue weighted by Gasteiger charge is -2.14. The minimum absolute atomic E-state index is 0.388. The largest absolute Gasteiger partial charge is 0.479 e. The van der Waals surface area contributed by atoms with Crippen molar-refractivity contribution in [1.82, 2.24) is 0 Å². The number of halogens is 4. The lowest BCUT2D eigenvalue weighted by atomic mass is 10.1. The maximum Gasteiger partial charge on any atom is 0.205 e. The number of ketones is 1. The van der Waals surface area contributed by atoms with Crippen LogP contribution < -0.4 is 4.74 Å². The van der Waals surface area contributed by atoms with E-state index in [4.69, 9.17) is 4.74 Å². The monoisotopic (exact) mass is 298 g/mol. The highest BCUT2D eigenvalue weighted by molar-refractivity contribution is 5.99. The van der Waals surface area contributed by atoms with Gasteiger partial charge in [-0.15, -0.1) is 0 Å². The summed E-state index contributed by atoms with van der Waals surface area (Å²) in [5.41, 5.74) is -0.388. The molecule has 0 N–H and O–H groups in total. The highest BCUT2D eigenvalue weighted by Crippen LogP contribution is 2.21. The number of rotatable bonds is 4. The minimum atomic E-state index is -1.26. The molecule has 0 heterocycles.